The summed E-state index contributed by atoms with van der Waals surface area (Å²) in [5.74, 6) is 0.935. The van der Waals surface area contributed by atoms with Gasteiger partial charge in [-0.1, -0.05) is 42.5 Å². The van der Waals surface area contributed by atoms with E-state index in [0.717, 1.165) is 21.9 Å². The molecule has 0 aromatic heterocycles. The van der Waals surface area contributed by atoms with Crippen molar-refractivity contribution in [2.45, 2.75) is 0 Å². The number of ether oxygens (including phenoxy) is 1. The highest BCUT2D eigenvalue weighted by Gasteiger charge is 2.06. The molecule has 1 radical (unpaired) electrons. The minimum absolute atomic E-state index is 0.935. The average molecular weight is 207 g/mol. The van der Waals surface area contributed by atoms with Gasteiger partial charge in [0, 0.05) is 10.8 Å². The normalized spacial score (nSPS) is 10.8. The van der Waals surface area contributed by atoms with Crippen molar-refractivity contribution in [2.24, 2.45) is 0 Å². The molecule has 0 saturated carbocycles. The van der Waals surface area contributed by atoms with E-state index in [-0.39, 0.29) is 0 Å². The quantitative estimate of drug-likeness (QED) is 0.551. The van der Waals surface area contributed by atoms with Crippen LogP contribution in [0, 0.1) is 6.07 Å². The summed E-state index contributed by atoms with van der Waals surface area (Å²) in [6, 6.07) is 19.6. The van der Waals surface area contributed by atoms with Crippen LogP contribution >= 0.6 is 0 Å². The molecular formula is C15H11O. The number of hydrogen-bond acceptors (Lipinski definition) is 1. The van der Waals surface area contributed by atoms with Gasteiger partial charge < -0.3 is 4.74 Å². The van der Waals surface area contributed by atoms with Crippen LogP contribution in [-0.2, 0) is 0 Å². The topological polar surface area (TPSA) is 9.23 Å². The van der Waals surface area contributed by atoms with Gasteiger partial charge in [0.05, 0.1) is 7.11 Å². The van der Waals surface area contributed by atoms with Crippen molar-refractivity contribution in [3.05, 3.63) is 54.6 Å². The summed E-state index contributed by atoms with van der Waals surface area (Å²) < 4.78 is 5.52. The molecule has 3 rings (SSSR count). The first kappa shape index (κ1) is 9.22. The van der Waals surface area contributed by atoms with Crippen LogP contribution in [0.25, 0.3) is 21.5 Å². The summed E-state index contributed by atoms with van der Waals surface area (Å²) in [7, 11) is 1.72. The van der Waals surface area contributed by atoms with Crippen molar-refractivity contribution in [3.8, 4) is 5.75 Å². The van der Waals surface area contributed by atoms with E-state index in [0.29, 0.717) is 0 Å². The zero-order valence-electron chi connectivity index (χ0n) is 9.03. The molecular weight excluding hydrogens is 196 g/mol. The van der Waals surface area contributed by atoms with Crippen LogP contribution < -0.4 is 4.74 Å². The maximum Gasteiger partial charge on any atom is 0.134 e. The number of benzene rings is 3. The Balaban J connectivity index is 2.56. The molecule has 0 spiro atoms. The van der Waals surface area contributed by atoms with E-state index in [9.17, 15) is 0 Å². The largest absolute Gasteiger partial charge is 0.495 e. The van der Waals surface area contributed by atoms with Gasteiger partial charge in [-0.25, -0.2) is 0 Å². The van der Waals surface area contributed by atoms with Gasteiger partial charge in [0.1, 0.15) is 5.75 Å². The lowest BCUT2D eigenvalue weighted by Crippen LogP contribution is -1.87. The van der Waals surface area contributed by atoms with Crippen LogP contribution in [0.1, 0.15) is 0 Å². The van der Waals surface area contributed by atoms with E-state index >= 15 is 0 Å². The lowest BCUT2D eigenvalue weighted by Gasteiger charge is -2.09. The maximum atomic E-state index is 5.52. The number of rotatable bonds is 1. The summed E-state index contributed by atoms with van der Waals surface area (Å²) in [6.07, 6.45) is 0. The number of methoxy groups -OCH3 is 1. The molecule has 77 valence electrons. The third-order valence-electron chi connectivity index (χ3n) is 2.84. The monoisotopic (exact) mass is 207 g/mol. The predicted octanol–water partition coefficient (Wildman–Crippen LogP) is 3.80. The highest BCUT2D eigenvalue weighted by atomic mass is 16.5. The Morgan fingerprint density at radius 1 is 1.00 bits per heavy atom. The van der Waals surface area contributed by atoms with E-state index in [1.54, 1.807) is 7.11 Å². The summed E-state index contributed by atoms with van der Waals surface area (Å²) in [6.45, 7) is 0. The minimum atomic E-state index is 0.935. The highest BCUT2D eigenvalue weighted by Crippen LogP contribution is 2.33. The van der Waals surface area contributed by atoms with Gasteiger partial charge in [0.2, 0.25) is 0 Å². The zero-order chi connectivity index (χ0) is 11.0. The van der Waals surface area contributed by atoms with Crippen molar-refractivity contribution in [1.82, 2.24) is 0 Å². The Hall–Kier alpha value is -2.02. The molecule has 0 fully saturated rings. The van der Waals surface area contributed by atoms with Gasteiger partial charge in [-0.15, -0.1) is 0 Å². The van der Waals surface area contributed by atoms with E-state index in [1.807, 2.05) is 24.3 Å². The fraction of sp³-hybridized carbons (Fsp3) is 0.0667. The smallest absolute Gasteiger partial charge is 0.134 e. The lowest BCUT2D eigenvalue weighted by molar-refractivity contribution is 0.424. The molecule has 0 aliphatic carbocycles. The molecule has 0 heterocycles. The summed E-state index contributed by atoms with van der Waals surface area (Å²) >= 11 is 0. The van der Waals surface area contributed by atoms with Gasteiger partial charge in [-0.3, -0.25) is 0 Å². The Bertz CT molecular complexity index is 602. The highest BCUT2D eigenvalue weighted by molar-refractivity contribution is 6.04. The van der Waals surface area contributed by atoms with Crippen molar-refractivity contribution in [1.29, 1.82) is 0 Å². The van der Waals surface area contributed by atoms with Crippen LogP contribution in [0.3, 0.4) is 0 Å². The van der Waals surface area contributed by atoms with E-state index < -0.39 is 0 Å². The molecule has 3 aromatic rings. The average Bonchev–Trinajstić information content (AvgIpc) is 2.36. The summed E-state index contributed by atoms with van der Waals surface area (Å²) in [5, 5.41) is 4.55. The van der Waals surface area contributed by atoms with Crippen LogP contribution in [0.15, 0.2) is 48.5 Å². The zero-order valence-corrected chi connectivity index (χ0v) is 9.03. The fourth-order valence-corrected chi connectivity index (χ4v) is 2.12. The summed E-state index contributed by atoms with van der Waals surface area (Å²) in [4.78, 5) is 0. The molecule has 0 unspecified atom stereocenters. The van der Waals surface area contributed by atoms with Crippen LogP contribution in [0.5, 0.6) is 5.75 Å². The molecule has 0 bridgehead atoms. The molecule has 0 saturated heterocycles. The first-order valence-corrected chi connectivity index (χ1v) is 5.26. The Morgan fingerprint density at radius 2 is 1.81 bits per heavy atom. The molecule has 0 amide bonds. The Morgan fingerprint density at radius 3 is 2.69 bits per heavy atom. The third kappa shape index (κ3) is 1.25. The molecule has 0 atom stereocenters. The van der Waals surface area contributed by atoms with Gasteiger partial charge in [-0.05, 0) is 22.9 Å². The number of fused-ring (bicyclic) bond motifs is 2. The molecule has 1 heteroatoms. The molecule has 0 N–H and O–H groups in total. The first-order chi connectivity index (χ1) is 7.90. The molecule has 1 nitrogen and oxygen atoms in total. The second-order valence-electron chi connectivity index (χ2n) is 3.76. The van der Waals surface area contributed by atoms with E-state index in [2.05, 4.69) is 30.3 Å². The second kappa shape index (κ2) is 3.53. The second-order valence-corrected chi connectivity index (χ2v) is 3.76. The molecule has 16 heavy (non-hydrogen) atoms. The first-order valence-electron chi connectivity index (χ1n) is 5.26. The van der Waals surface area contributed by atoms with Gasteiger partial charge in [-0.2, -0.15) is 0 Å². The minimum Gasteiger partial charge on any atom is -0.495 e. The molecule has 0 aliphatic heterocycles. The van der Waals surface area contributed by atoms with Gasteiger partial charge in [0.15, 0.2) is 0 Å². The van der Waals surface area contributed by atoms with Crippen LogP contribution in [-0.4, -0.2) is 7.11 Å². The van der Waals surface area contributed by atoms with Crippen molar-refractivity contribution in [2.75, 3.05) is 7.11 Å². The maximum absolute atomic E-state index is 5.52. The van der Waals surface area contributed by atoms with E-state index in [1.165, 1.54) is 5.39 Å². The molecule has 3 aromatic carbocycles. The SMILES string of the molecule is COc1c2ccc[c]c2cc2ccccc12. The van der Waals surface area contributed by atoms with Gasteiger partial charge >= 0.3 is 0 Å². The predicted molar refractivity (Wildman–Crippen MR) is 66.8 cm³/mol. The summed E-state index contributed by atoms with van der Waals surface area (Å²) in [5.41, 5.74) is 0. The lowest BCUT2D eigenvalue weighted by atomic mass is 10.0. The fourth-order valence-electron chi connectivity index (χ4n) is 2.12. The van der Waals surface area contributed by atoms with Crippen LogP contribution in [0.2, 0.25) is 0 Å². The van der Waals surface area contributed by atoms with Crippen molar-refractivity contribution in [3.63, 3.8) is 0 Å². The Kier molecular flexibility index (Phi) is 2.03. The molecule has 0 aliphatic rings. The van der Waals surface area contributed by atoms with E-state index in [4.69, 9.17) is 4.74 Å². The van der Waals surface area contributed by atoms with Gasteiger partial charge in [0.25, 0.3) is 0 Å². The third-order valence-corrected chi connectivity index (χ3v) is 2.84. The van der Waals surface area contributed by atoms with Crippen LogP contribution in [0.4, 0.5) is 0 Å². The number of hydrogen-bond donors (Lipinski definition) is 0. The van der Waals surface area contributed by atoms with Crippen molar-refractivity contribution < 1.29 is 4.74 Å². The van der Waals surface area contributed by atoms with Crippen molar-refractivity contribution >= 4 is 21.5 Å². The Labute approximate surface area is 94.3 Å². The standard InChI is InChI=1S/C15H11O/c1-16-15-13-8-4-2-6-11(13)10-12-7-3-5-9-14(12)15/h2-6,8-10H,1H3.